The molecule has 0 rings (SSSR count). The van der Waals surface area contributed by atoms with Crippen LogP contribution in [0.1, 0.15) is 0 Å². The number of halogens is 6. The number of hydrogen-bond acceptors (Lipinski definition) is 1. The summed E-state index contributed by atoms with van der Waals surface area (Å²) in [7, 11) is 0. The summed E-state index contributed by atoms with van der Waals surface area (Å²) in [6.45, 7) is 0. The van der Waals surface area contributed by atoms with E-state index in [0.29, 0.717) is 0 Å². The van der Waals surface area contributed by atoms with Crippen molar-refractivity contribution in [3.8, 4) is 0 Å². The van der Waals surface area contributed by atoms with Gasteiger partial charge in [-0.2, -0.15) is 13.2 Å². The van der Waals surface area contributed by atoms with Crippen LogP contribution in [0.2, 0.25) is 0 Å². The minimum atomic E-state index is -5.79. The average molecular weight is 190 g/mol. The first-order valence-electron chi connectivity index (χ1n) is 1.94. The normalized spacial score (nSPS) is 15.5. The van der Waals surface area contributed by atoms with Crippen LogP contribution in [0.4, 0.5) is 26.3 Å². The van der Waals surface area contributed by atoms with E-state index >= 15 is 0 Å². The molecular weight excluding hydrogens is 189 g/mol. The van der Waals surface area contributed by atoms with Crippen LogP contribution in [0.5, 0.6) is 0 Å². The second-order valence-corrected chi connectivity index (χ2v) is 1.47. The van der Waals surface area contributed by atoms with Crippen molar-refractivity contribution in [2.24, 2.45) is 0 Å². The first kappa shape index (κ1) is 14.1. The smallest absolute Gasteiger partial charge is 0.796 e. The quantitative estimate of drug-likeness (QED) is 0.341. The van der Waals surface area contributed by atoms with E-state index in [0.717, 1.165) is 0 Å². The molecule has 8 heteroatoms. The molecule has 1 unspecified atom stereocenters. The SMILES string of the molecule is [Na+].[O-]C(F)(F)C(F)C(F)(F)F. The zero-order chi connectivity index (χ0) is 8.58. The van der Waals surface area contributed by atoms with Crippen LogP contribution < -0.4 is 34.7 Å². The summed E-state index contributed by atoms with van der Waals surface area (Å²) in [5, 5.41) is 9.02. The van der Waals surface area contributed by atoms with E-state index in [9.17, 15) is 26.3 Å². The van der Waals surface area contributed by atoms with E-state index in [1.807, 2.05) is 0 Å². The van der Waals surface area contributed by atoms with Crippen molar-refractivity contribution in [3.63, 3.8) is 0 Å². The predicted molar refractivity (Wildman–Crippen MR) is 15.9 cm³/mol. The van der Waals surface area contributed by atoms with Gasteiger partial charge < -0.3 is 5.11 Å². The summed E-state index contributed by atoms with van der Waals surface area (Å²) in [4.78, 5) is 0. The van der Waals surface area contributed by atoms with Gasteiger partial charge in [0.25, 0.3) is 0 Å². The Balaban J connectivity index is 0. The van der Waals surface area contributed by atoms with E-state index in [2.05, 4.69) is 0 Å². The molecule has 0 fully saturated rings. The van der Waals surface area contributed by atoms with Gasteiger partial charge in [-0.25, -0.2) is 13.2 Å². The summed E-state index contributed by atoms with van der Waals surface area (Å²) in [6, 6.07) is 0. The maximum absolute atomic E-state index is 11.2. The Hall–Kier alpha value is 0.540. The van der Waals surface area contributed by atoms with Crippen LogP contribution in [0, 0.1) is 0 Å². The summed E-state index contributed by atoms with van der Waals surface area (Å²) >= 11 is 0. The molecule has 1 atom stereocenters. The molecule has 1 nitrogen and oxygen atoms in total. The Morgan fingerprint density at radius 2 is 1.27 bits per heavy atom. The number of rotatable bonds is 1. The van der Waals surface area contributed by atoms with Gasteiger partial charge in [-0.3, -0.25) is 0 Å². The minimum Gasteiger partial charge on any atom is -0.796 e. The predicted octanol–water partition coefficient (Wildman–Crippen LogP) is -2.16. The van der Waals surface area contributed by atoms with Crippen molar-refractivity contribution < 1.29 is 61.0 Å². The fourth-order valence-corrected chi connectivity index (χ4v) is 0.191. The van der Waals surface area contributed by atoms with E-state index < -0.39 is 18.5 Å². The molecule has 0 saturated carbocycles. The van der Waals surface area contributed by atoms with Crippen molar-refractivity contribution in [1.29, 1.82) is 0 Å². The minimum absolute atomic E-state index is 0. The van der Waals surface area contributed by atoms with Crippen molar-refractivity contribution in [2.45, 2.75) is 18.5 Å². The molecule has 0 N–H and O–H groups in total. The van der Waals surface area contributed by atoms with Gasteiger partial charge in [0.15, 0.2) is 0 Å². The van der Waals surface area contributed by atoms with E-state index in [1.54, 1.807) is 0 Å². The van der Waals surface area contributed by atoms with Crippen molar-refractivity contribution >= 4 is 0 Å². The van der Waals surface area contributed by atoms with Gasteiger partial charge in [0, 0.05) is 0 Å². The van der Waals surface area contributed by atoms with E-state index in [1.165, 1.54) is 0 Å². The maximum Gasteiger partial charge on any atom is 1.00 e. The Bertz CT molecular complexity index is 102. The third kappa shape index (κ3) is 4.89. The van der Waals surface area contributed by atoms with Gasteiger partial charge in [0.2, 0.25) is 12.3 Å². The fraction of sp³-hybridized carbons (Fsp3) is 1.00. The molecule has 0 aromatic carbocycles. The monoisotopic (exact) mass is 190 g/mol. The Labute approximate surface area is 79.7 Å². The van der Waals surface area contributed by atoms with Gasteiger partial charge in [-0.05, 0) is 0 Å². The Morgan fingerprint density at radius 3 is 1.27 bits per heavy atom. The third-order valence-corrected chi connectivity index (χ3v) is 0.582. The van der Waals surface area contributed by atoms with Crippen molar-refractivity contribution in [3.05, 3.63) is 0 Å². The first-order chi connectivity index (χ1) is 4.15. The summed E-state index contributed by atoms with van der Waals surface area (Å²) in [6.07, 6.45) is -16.0. The number of alkyl halides is 6. The molecule has 0 heterocycles. The Morgan fingerprint density at radius 1 is 1.00 bits per heavy atom. The molecule has 0 spiro atoms. The molecule has 0 aliphatic rings. The van der Waals surface area contributed by atoms with Crippen LogP contribution in [-0.2, 0) is 0 Å². The van der Waals surface area contributed by atoms with Crippen LogP contribution in [0.3, 0.4) is 0 Å². The maximum atomic E-state index is 11.2. The average Bonchev–Trinajstić information content (AvgIpc) is 1.59. The van der Waals surface area contributed by atoms with Crippen LogP contribution >= 0.6 is 0 Å². The molecule has 0 radical (unpaired) electrons. The van der Waals surface area contributed by atoms with Crippen LogP contribution in [0.15, 0.2) is 0 Å². The van der Waals surface area contributed by atoms with Gasteiger partial charge in [-0.15, -0.1) is 0 Å². The zero-order valence-corrected chi connectivity index (χ0v) is 7.25. The van der Waals surface area contributed by atoms with E-state index in [-0.39, 0.29) is 29.6 Å². The molecule has 0 bridgehead atoms. The molecule has 0 aliphatic carbocycles. The largest absolute Gasteiger partial charge is 1.00 e. The van der Waals surface area contributed by atoms with Gasteiger partial charge in [-0.1, -0.05) is 0 Å². The molecule has 62 valence electrons. The fourth-order valence-electron chi connectivity index (χ4n) is 0.191. The first-order valence-corrected chi connectivity index (χ1v) is 1.94. The Kier molecular flexibility index (Phi) is 5.09. The summed E-state index contributed by atoms with van der Waals surface area (Å²) in [5.74, 6) is 0. The van der Waals surface area contributed by atoms with Crippen molar-refractivity contribution in [2.75, 3.05) is 0 Å². The van der Waals surface area contributed by atoms with Crippen LogP contribution in [-0.4, -0.2) is 18.5 Å². The summed E-state index contributed by atoms with van der Waals surface area (Å²) in [5.41, 5.74) is 0. The van der Waals surface area contributed by atoms with E-state index in [4.69, 9.17) is 5.11 Å². The molecule has 0 aromatic rings. The second-order valence-electron chi connectivity index (χ2n) is 1.47. The standard InChI is InChI=1S/C3HF6O.Na/c4-1(2(5,6)7)3(8,9)10;/h1H;/q-1;+1. The molecule has 11 heavy (non-hydrogen) atoms. The van der Waals surface area contributed by atoms with Crippen LogP contribution in [0.25, 0.3) is 0 Å². The molecular formula is C3HF6NaO. The molecule has 0 aliphatic heterocycles. The van der Waals surface area contributed by atoms with Gasteiger partial charge in [0.1, 0.15) is 0 Å². The van der Waals surface area contributed by atoms with Gasteiger partial charge >= 0.3 is 35.7 Å². The summed E-state index contributed by atoms with van der Waals surface area (Å²) < 4.78 is 65.8. The third-order valence-electron chi connectivity index (χ3n) is 0.582. The number of hydrogen-bond donors (Lipinski definition) is 0. The molecule has 0 amide bonds. The zero-order valence-electron chi connectivity index (χ0n) is 5.25. The molecule has 0 aromatic heterocycles. The van der Waals surface area contributed by atoms with Gasteiger partial charge in [0.05, 0.1) is 0 Å². The molecule has 0 saturated heterocycles. The second kappa shape index (κ2) is 3.97. The van der Waals surface area contributed by atoms with Crippen molar-refractivity contribution in [1.82, 2.24) is 0 Å². The topological polar surface area (TPSA) is 23.1 Å².